The van der Waals surface area contributed by atoms with Crippen molar-refractivity contribution in [3.8, 4) is 16.9 Å². The number of aromatic nitrogens is 3. The maximum atomic E-state index is 14.1. The molecule has 1 aliphatic rings. The Morgan fingerprint density at radius 3 is 2.81 bits per heavy atom. The van der Waals surface area contributed by atoms with E-state index in [1.807, 2.05) is 17.8 Å². The van der Waals surface area contributed by atoms with Crippen molar-refractivity contribution in [1.29, 1.82) is 0 Å². The molecule has 2 aromatic heterocycles. The van der Waals surface area contributed by atoms with E-state index in [2.05, 4.69) is 20.7 Å². The van der Waals surface area contributed by atoms with Crippen LogP contribution in [0.25, 0.3) is 11.1 Å². The summed E-state index contributed by atoms with van der Waals surface area (Å²) in [5.41, 5.74) is 1.88. The third-order valence-electron chi connectivity index (χ3n) is 5.92. The van der Waals surface area contributed by atoms with Crippen LogP contribution in [0.5, 0.6) is 5.75 Å². The molecule has 1 amide bonds. The molecule has 0 spiro atoms. The average molecular weight is 536 g/mol. The van der Waals surface area contributed by atoms with E-state index in [1.165, 1.54) is 12.1 Å². The summed E-state index contributed by atoms with van der Waals surface area (Å²) in [6.07, 6.45) is 6.65. The Hall–Kier alpha value is -2.88. The van der Waals surface area contributed by atoms with E-state index < -0.39 is 18.0 Å². The summed E-state index contributed by atoms with van der Waals surface area (Å²) in [7, 11) is 0. The van der Waals surface area contributed by atoms with E-state index >= 15 is 0 Å². The van der Waals surface area contributed by atoms with E-state index in [1.54, 1.807) is 25.4 Å². The maximum absolute atomic E-state index is 14.1. The average Bonchev–Trinajstić information content (AvgIpc) is 3.37. The van der Waals surface area contributed by atoms with Crippen LogP contribution in [0.1, 0.15) is 50.8 Å². The van der Waals surface area contributed by atoms with Gasteiger partial charge in [0.1, 0.15) is 11.9 Å². The first-order chi connectivity index (χ1) is 17.4. The molecule has 0 radical (unpaired) electrons. The number of carbonyl (C=O) groups excluding carboxylic acids is 1. The van der Waals surface area contributed by atoms with Crippen molar-refractivity contribution in [1.82, 2.24) is 20.1 Å². The first kappa shape index (κ1) is 26.2. The zero-order chi connectivity index (χ0) is 25.7. The molecule has 1 saturated heterocycles. The Balaban J connectivity index is 1.64. The minimum absolute atomic E-state index is 0.126. The van der Waals surface area contributed by atoms with Gasteiger partial charge in [0.25, 0.3) is 0 Å². The van der Waals surface area contributed by atoms with Gasteiger partial charge in [-0.3, -0.25) is 10.00 Å². The predicted molar refractivity (Wildman–Crippen MR) is 137 cm³/mol. The summed E-state index contributed by atoms with van der Waals surface area (Å²) >= 11 is 12.5. The molecule has 0 saturated carbocycles. The van der Waals surface area contributed by atoms with Gasteiger partial charge in [-0.25, -0.2) is 14.2 Å². The molecule has 1 fully saturated rings. The van der Waals surface area contributed by atoms with Crippen LogP contribution in [0.15, 0.2) is 36.8 Å². The number of pyridine rings is 1. The molecular weight excluding hydrogens is 508 g/mol. The van der Waals surface area contributed by atoms with Crippen molar-refractivity contribution in [2.75, 3.05) is 25.0 Å². The van der Waals surface area contributed by atoms with Gasteiger partial charge in [0.15, 0.2) is 11.6 Å². The summed E-state index contributed by atoms with van der Waals surface area (Å²) in [5, 5.41) is 10.6. The zero-order valence-corrected chi connectivity index (χ0v) is 21.6. The van der Waals surface area contributed by atoms with Gasteiger partial charge in [0.05, 0.1) is 23.9 Å². The SMILES string of the molecule is CCCOC(=O)Nc1ncc(-c2cnn(C3CCNCC3)c2)cc1O[C@H](C)c1c(Cl)ccc(F)c1Cl. The Morgan fingerprint density at radius 1 is 1.28 bits per heavy atom. The van der Waals surface area contributed by atoms with Gasteiger partial charge < -0.3 is 14.8 Å². The van der Waals surface area contributed by atoms with E-state index in [0.29, 0.717) is 18.0 Å². The monoisotopic (exact) mass is 535 g/mol. The summed E-state index contributed by atoms with van der Waals surface area (Å²) in [6, 6.07) is 4.68. The number of carbonyl (C=O) groups is 1. The Kier molecular flexibility index (Phi) is 8.66. The minimum Gasteiger partial charge on any atom is -0.482 e. The highest BCUT2D eigenvalue weighted by molar-refractivity contribution is 6.36. The molecule has 11 heteroatoms. The highest BCUT2D eigenvalue weighted by atomic mass is 35.5. The van der Waals surface area contributed by atoms with E-state index in [4.69, 9.17) is 32.7 Å². The fourth-order valence-corrected chi connectivity index (χ4v) is 4.71. The molecule has 0 bridgehead atoms. The lowest BCUT2D eigenvalue weighted by molar-refractivity contribution is 0.161. The highest BCUT2D eigenvalue weighted by Crippen LogP contribution is 2.38. The standard InChI is InChI=1S/C25H28Cl2FN5O3/c1-3-10-35-25(34)32-24-21(36-15(2)22-19(26)4-5-20(28)23(22)27)11-16(12-30-24)17-13-31-33(14-17)18-6-8-29-9-7-18/h4-5,11-15,18,29H,3,6-10H2,1-2H3,(H,30,32,34)/t15-/m1/s1. The van der Waals surface area contributed by atoms with Gasteiger partial charge in [-0.2, -0.15) is 5.10 Å². The number of hydrogen-bond acceptors (Lipinski definition) is 6. The van der Waals surface area contributed by atoms with E-state index in [0.717, 1.165) is 37.1 Å². The molecule has 0 unspecified atom stereocenters. The number of amides is 1. The van der Waals surface area contributed by atoms with Gasteiger partial charge in [0.2, 0.25) is 0 Å². The molecule has 2 N–H and O–H groups in total. The molecule has 36 heavy (non-hydrogen) atoms. The van der Waals surface area contributed by atoms with Gasteiger partial charge in [0, 0.05) is 34.1 Å². The fourth-order valence-electron chi connectivity index (χ4n) is 4.04. The van der Waals surface area contributed by atoms with Gasteiger partial charge in [-0.05, 0) is 57.5 Å². The van der Waals surface area contributed by atoms with E-state index in [-0.39, 0.29) is 28.2 Å². The van der Waals surface area contributed by atoms with Crippen molar-refractivity contribution in [3.63, 3.8) is 0 Å². The van der Waals surface area contributed by atoms with Gasteiger partial charge >= 0.3 is 6.09 Å². The second-order valence-corrected chi connectivity index (χ2v) is 9.32. The minimum atomic E-state index is -0.748. The van der Waals surface area contributed by atoms with Gasteiger partial charge in [-0.1, -0.05) is 30.1 Å². The third kappa shape index (κ3) is 6.08. The van der Waals surface area contributed by atoms with Crippen LogP contribution in [0.4, 0.5) is 15.0 Å². The van der Waals surface area contributed by atoms with Crippen molar-refractivity contribution in [2.45, 2.75) is 45.3 Å². The maximum Gasteiger partial charge on any atom is 0.412 e. The second-order valence-electron chi connectivity index (χ2n) is 8.54. The van der Waals surface area contributed by atoms with Crippen molar-refractivity contribution in [3.05, 3.63) is 58.2 Å². The molecule has 3 heterocycles. The van der Waals surface area contributed by atoms with Crippen LogP contribution < -0.4 is 15.4 Å². The molecular formula is C25H28Cl2FN5O3. The quantitative estimate of drug-likeness (QED) is 0.323. The Labute approximate surface area is 219 Å². The predicted octanol–water partition coefficient (Wildman–Crippen LogP) is 6.41. The molecule has 1 aliphatic heterocycles. The first-order valence-electron chi connectivity index (χ1n) is 11.9. The summed E-state index contributed by atoms with van der Waals surface area (Å²) in [6.45, 7) is 5.76. The van der Waals surface area contributed by atoms with Crippen LogP contribution >= 0.6 is 23.2 Å². The van der Waals surface area contributed by atoms with Crippen LogP contribution in [0.2, 0.25) is 10.0 Å². The molecule has 8 nitrogen and oxygen atoms in total. The van der Waals surface area contributed by atoms with Crippen molar-refractivity contribution < 1.29 is 18.7 Å². The third-order valence-corrected chi connectivity index (χ3v) is 6.63. The molecule has 1 atom stereocenters. The molecule has 4 rings (SSSR count). The van der Waals surface area contributed by atoms with Crippen molar-refractivity contribution >= 4 is 35.1 Å². The van der Waals surface area contributed by atoms with Gasteiger partial charge in [-0.15, -0.1) is 0 Å². The lowest BCUT2D eigenvalue weighted by Crippen LogP contribution is -2.29. The number of nitrogens with one attached hydrogen (secondary N) is 2. The lowest BCUT2D eigenvalue weighted by Gasteiger charge is -2.22. The normalized spacial score (nSPS) is 14.9. The van der Waals surface area contributed by atoms with Crippen LogP contribution in [0, 0.1) is 5.82 Å². The first-order valence-corrected chi connectivity index (χ1v) is 12.6. The second kappa shape index (κ2) is 11.9. The fraction of sp³-hybridized carbons (Fsp3) is 0.400. The number of anilines is 1. The number of rotatable bonds is 8. The summed E-state index contributed by atoms with van der Waals surface area (Å²) in [4.78, 5) is 16.6. The molecule has 3 aromatic rings. The molecule has 192 valence electrons. The summed E-state index contributed by atoms with van der Waals surface area (Å²) < 4.78 is 27.4. The van der Waals surface area contributed by atoms with Crippen LogP contribution in [-0.2, 0) is 4.74 Å². The Morgan fingerprint density at radius 2 is 2.06 bits per heavy atom. The number of halogens is 3. The number of benzene rings is 1. The molecule has 1 aromatic carbocycles. The highest BCUT2D eigenvalue weighted by Gasteiger charge is 2.22. The topological polar surface area (TPSA) is 90.3 Å². The molecule has 0 aliphatic carbocycles. The lowest BCUT2D eigenvalue weighted by atomic mass is 10.1. The number of hydrogen-bond donors (Lipinski definition) is 2. The van der Waals surface area contributed by atoms with Crippen LogP contribution in [-0.4, -0.2) is 40.6 Å². The number of piperidine rings is 1. The van der Waals surface area contributed by atoms with E-state index in [9.17, 15) is 9.18 Å². The van der Waals surface area contributed by atoms with Crippen molar-refractivity contribution in [2.24, 2.45) is 0 Å². The van der Waals surface area contributed by atoms with Crippen LogP contribution in [0.3, 0.4) is 0 Å². The zero-order valence-electron chi connectivity index (χ0n) is 20.1. The number of ether oxygens (including phenoxy) is 2. The largest absolute Gasteiger partial charge is 0.482 e. The summed E-state index contributed by atoms with van der Waals surface area (Å²) in [5.74, 6) is -0.203. The smallest absolute Gasteiger partial charge is 0.412 e. The Bertz CT molecular complexity index is 1220. The number of nitrogens with zero attached hydrogens (tertiary/aromatic N) is 3.